The fourth-order valence-electron chi connectivity index (χ4n) is 1.91. The molecule has 17 heavy (non-hydrogen) atoms. The van der Waals surface area contributed by atoms with E-state index in [2.05, 4.69) is 37.1 Å². The molecule has 0 saturated carbocycles. The average Bonchev–Trinajstić information content (AvgIpc) is 2.27. The molecule has 0 aliphatic carbocycles. The van der Waals surface area contributed by atoms with E-state index in [-0.39, 0.29) is 0 Å². The first-order chi connectivity index (χ1) is 8.03. The monoisotopic (exact) mass is 234 g/mol. The van der Waals surface area contributed by atoms with Gasteiger partial charge in [-0.25, -0.2) is 4.98 Å². The second-order valence-electron chi connectivity index (χ2n) is 5.64. The number of hydrogen-bond donors (Lipinski definition) is 1. The largest absolute Gasteiger partial charge is 0.370 e. The molecule has 0 aliphatic heterocycles. The third kappa shape index (κ3) is 5.71. The highest BCUT2D eigenvalue weighted by Crippen LogP contribution is 2.24. The summed E-state index contributed by atoms with van der Waals surface area (Å²) in [5, 5.41) is 3.44. The van der Waals surface area contributed by atoms with Gasteiger partial charge in [-0.2, -0.15) is 0 Å². The van der Waals surface area contributed by atoms with Crippen molar-refractivity contribution in [1.29, 1.82) is 0 Å². The maximum Gasteiger partial charge on any atom is 0.126 e. The standard InChI is InChI=1S/C15H26N2/c1-5-6-7-11-15(3,4)12-16-14-10-8-9-13(2)17-14/h8-10H,5-7,11-12H2,1-4H3,(H,16,17). The summed E-state index contributed by atoms with van der Waals surface area (Å²) in [6.07, 6.45) is 5.24. The van der Waals surface area contributed by atoms with Gasteiger partial charge in [0, 0.05) is 12.2 Å². The van der Waals surface area contributed by atoms with Crippen LogP contribution in [0.15, 0.2) is 18.2 Å². The van der Waals surface area contributed by atoms with E-state index in [4.69, 9.17) is 0 Å². The van der Waals surface area contributed by atoms with E-state index in [1.54, 1.807) is 0 Å². The summed E-state index contributed by atoms with van der Waals surface area (Å²) >= 11 is 0. The minimum atomic E-state index is 0.348. The zero-order valence-electron chi connectivity index (χ0n) is 11.7. The maximum atomic E-state index is 4.46. The minimum Gasteiger partial charge on any atom is -0.370 e. The molecule has 0 spiro atoms. The van der Waals surface area contributed by atoms with Crippen molar-refractivity contribution in [3.05, 3.63) is 23.9 Å². The van der Waals surface area contributed by atoms with E-state index in [1.165, 1.54) is 25.7 Å². The summed E-state index contributed by atoms with van der Waals surface area (Å²) in [4.78, 5) is 4.46. The smallest absolute Gasteiger partial charge is 0.126 e. The highest BCUT2D eigenvalue weighted by atomic mass is 15.0. The molecule has 0 fully saturated rings. The number of aromatic nitrogens is 1. The molecule has 0 atom stereocenters. The predicted octanol–water partition coefficient (Wildman–Crippen LogP) is 4.41. The van der Waals surface area contributed by atoms with E-state index < -0.39 is 0 Å². The Morgan fingerprint density at radius 2 is 2.00 bits per heavy atom. The van der Waals surface area contributed by atoms with E-state index >= 15 is 0 Å². The molecule has 0 aromatic carbocycles. The molecule has 2 nitrogen and oxygen atoms in total. The Balaban J connectivity index is 2.38. The molecule has 2 heteroatoms. The van der Waals surface area contributed by atoms with Crippen LogP contribution in [0.4, 0.5) is 5.82 Å². The lowest BCUT2D eigenvalue weighted by molar-refractivity contribution is 0.342. The topological polar surface area (TPSA) is 24.9 Å². The van der Waals surface area contributed by atoms with E-state index in [0.717, 1.165) is 18.1 Å². The van der Waals surface area contributed by atoms with Crippen LogP contribution < -0.4 is 5.32 Å². The molecule has 0 bridgehead atoms. The maximum absolute atomic E-state index is 4.46. The van der Waals surface area contributed by atoms with Gasteiger partial charge < -0.3 is 5.32 Å². The van der Waals surface area contributed by atoms with Gasteiger partial charge in [0.15, 0.2) is 0 Å². The van der Waals surface area contributed by atoms with Crippen LogP contribution in [0.5, 0.6) is 0 Å². The van der Waals surface area contributed by atoms with Crippen molar-refractivity contribution >= 4 is 5.82 Å². The van der Waals surface area contributed by atoms with Gasteiger partial charge in [-0.3, -0.25) is 0 Å². The lowest BCUT2D eigenvalue weighted by Gasteiger charge is -2.25. The first kappa shape index (κ1) is 14.0. The molecule has 1 aromatic heterocycles. The first-order valence-electron chi connectivity index (χ1n) is 6.71. The van der Waals surface area contributed by atoms with Gasteiger partial charge >= 0.3 is 0 Å². The molecule has 0 aliphatic rings. The normalized spacial score (nSPS) is 11.5. The molecule has 0 radical (unpaired) electrons. The third-order valence-electron chi connectivity index (χ3n) is 3.09. The highest BCUT2D eigenvalue weighted by molar-refractivity contribution is 5.35. The Morgan fingerprint density at radius 3 is 2.65 bits per heavy atom. The van der Waals surface area contributed by atoms with Crippen LogP contribution in [0.25, 0.3) is 0 Å². The van der Waals surface area contributed by atoms with E-state index in [1.807, 2.05) is 19.1 Å². The van der Waals surface area contributed by atoms with Crippen LogP contribution in [-0.4, -0.2) is 11.5 Å². The highest BCUT2D eigenvalue weighted by Gasteiger charge is 2.16. The molecular weight excluding hydrogens is 208 g/mol. The summed E-state index contributed by atoms with van der Waals surface area (Å²) in [6.45, 7) is 9.92. The fourth-order valence-corrected chi connectivity index (χ4v) is 1.91. The molecule has 1 heterocycles. The zero-order valence-corrected chi connectivity index (χ0v) is 11.7. The Labute approximate surface area is 106 Å². The lowest BCUT2D eigenvalue weighted by atomic mass is 9.87. The number of unbranched alkanes of at least 4 members (excludes halogenated alkanes) is 2. The van der Waals surface area contributed by atoms with Crippen molar-refractivity contribution in [1.82, 2.24) is 4.98 Å². The van der Waals surface area contributed by atoms with Gasteiger partial charge in [0.2, 0.25) is 0 Å². The summed E-state index contributed by atoms with van der Waals surface area (Å²) < 4.78 is 0. The number of anilines is 1. The number of nitrogens with zero attached hydrogens (tertiary/aromatic N) is 1. The number of rotatable bonds is 7. The Kier molecular flexibility index (Phi) is 5.46. The van der Waals surface area contributed by atoms with Crippen molar-refractivity contribution in [3.63, 3.8) is 0 Å². The van der Waals surface area contributed by atoms with Gasteiger partial charge in [-0.15, -0.1) is 0 Å². The lowest BCUT2D eigenvalue weighted by Crippen LogP contribution is -2.23. The van der Waals surface area contributed by atoms with Crippen molar-refractivity contribution in [2.24, 2.45) is 5.41 Å². The minimum absolute atomic E-state index is 0.348. The van der Waals surface area contributed by atoms with Crippen LogP contribution in [0.2, 0.25) is 0 Å². The van der Waals surface area contributed by atoms with Gasteiger partial charge in [-0.05, 0) is 30.9 Å². The quantitative estimate of drug-likeness (QED) is 0.707. The van der Waals surface area contributed by atoms with Crippen molar-refractivity contribution in [2.45, 2.75) is 53.4 Å². The summed E-state index contributed by atoms with van der Waals surface area (Å²) in [5.41, 5.74) is 1.42. The second kappa shape index (κ2) is 6.63. The van der Waals surface area contributed by atoms with Gasteiger partial charge in [0.25, 0.3) is 0 Å². The summed E-state index contributed by atoms with van der Waals surface area (Å²) in [6, 6.07) is 6.11. The second-order valence-corrected chi connectivity index (χ2v) is 5.64. The number of nitrogens with one attached hydrogen (secondary N) is 1. The van der Waals surface area contributed by atoms with Crippen LogP contribution in [0, 0.1) is 12.3 Å². The zero-order chi connectivity index (χ0) is 12.7. The Morgan fingerprint density at radius 1 is 1.24 bits per heavy atom. The first-order valence-corrected chi connectivity index (χ1v) is 6.71. The molecule has 1 aromatic rings. The Bertz CT molecular complexity index is 331. The third-order valence-corrected chi connectivity index (χ3v) is 3.09. The summed E-state index contributed by atoms with van der Waals surface area (Å²) in [5.74, 6) is 0.994. The predicted molar refractivity (Wildman–Crippen MR) is 75.4 cm³/mol. The van der Waals surface area contributed by atoms with E-state index in [9.17, 15) is 0 Å². The SMILES string of the molecule is CCCCCC(C)(C)CNc1cccc(C)n1. The molecule has 1 N–H and O–H groups in total. The van der Waals surface area contributed by atoms with Crippen LogP contribution in [0.1, 0.15) is 52.1 Å². The van der Waals surface area contributed by atoms with Crippen molar-refractivity contribution in [3.8, 4) is 0 Å². The molecule has 0 amide bonds. The molecular formula is C15H26N2. The van der Waals surface area contributed by atoms with E-state index in [0.29, 0.717) is 5.41 Å². The molecule has 96 valence electrons. The molecule has 1 rings (SSSR count). The van der Waals surface area contributed by atoms with Crippen molar-refractivity contribution in [2.75, 3.05) is 11.9 Å². The number of hydrogen-bond acceptors (Lipinski definition) is 2. The van der Waals surface area contributed by atoms with Crippen LogP contribution in [0.3, 0.4) is 0 Å². The van der Waals surface area contributed by atoms with Gasteiger partial charge in [-0.1, -0.05) is 46.1 Å². The molecule has 0 unspecified atom stereocenters. The van der Waals surface area contributed by atoms with Crippen LogP contribution >= 0.6 is 0 Å². The number of aryl methyl sites for hydroxylation is 1. The number of pyridine rings is 1. The molecule has 0 saturated heterocycles. The summed E-state index contributed by atoms with van der Waals surface area (Å²) in [7, 11) is 0. The fraction of sp³-hybridized carbons (Fsp3) is 0.667. The van der Waals surface area contributed by atoms with Gasteiger partial charge in [0.05, 0.1) is 0 Å². The van der Waals surface area contributed by atoms with Crippen molar-refractivity contribution < 1.29 is 0 Å². The average molecular weight is 234 g/mol. The Hall–Kier alpha value is -1.05. The van der Waals surface area contributed by atoms with Crippen LogP contribution in [-0.2, 0) is 0 Å². The van der Waals surface area contributed by atoms with Gasteiger partial charge in [0.1, 0.15) is 5.82 Å².